The van der Waals surface area contributed by atoms with Crippen LogP contribution in [0.1, 0.15) is 12.8 Å². The number of sulfone groups is 1. The molecule has 6 heteroatoms. The number of carboxylic acid groups (broad SMARTS) is 1. The van der Waals surface area contributed by atoms with Crippen LogP contribution in [0.3, 0.4) is 0 Å². The summed E-state index contributed by atoms with van der Waals surface area (Å²) >= 11 is 0. The van der Waals surface area contributed by atoms with Gasteiger partial charge in [0.05, 0.1) is 11.5 Å². The van der Waals surface area contributed by atoms with Crippen LogP contribution in [0, 0.1) is 0 Å². The van der Waals surface area contributed by atoms with Crippen molar-refractivity contribution in [1.29, 1.82) is 0 Å². The second kappa shape index (κ2) is 5.67. The molecule has 0 fully saturated rings. The lowest BCUT2D eigenvalue weighted by Crippen LogP contribution is -2.03. The molecule has 1 N–H and O–H groups in total. The predicted octanol–water partition coefficient (Wildman–Crippen LogP) is 1.33. The molecule has 17 heavy (non-hydrogen) atoms. The minimum atomic E-state index is -3.24. The van der Waals surface area contributed by atoms with Gasteiger partial charge in [-0.3, -0.25) is 4.79 Å². The molecule has 1 aromatic carbocycles. The minimum Gasteiger partial charge on any atom is -0.494 e. The summed E-state index contributed by atoms with van der Waals surface area (Å²) in [5.74, 6) is -0.447. The van der Waals surface area contributed by atoms with Crippen LogP contribution in [-0.4, -0.2) is 32.4 Å². The lowest BCUT2D eigenvalue weighted by molar-refractivity contribution is -0.137. The molecule has 0 unspecified atom stereocenters. The summed E-state index contributed by atoms with van der Waals surface area (Å²) in [5.41, 5.74) is 0. The third-order valence-corrected chi connectivity index (χ3v) is 3.15. The number of benzene rings is 1. The van der Waals surface area contributed by atoms with Gasteiger partial charge in [-0.2, -0.15) is 0 Å². The third-order valence-electron chi connectivity index (χ3n) is 2.04. The lowest BCUT2D eigenvalue weighted by Gasteiger charge is -2.06. The largest absolute Gasteiger partial charge is 0.494 e. The van der Waals surface area contributed by atoms with E-state index >= 15 is 0 Å². The molecule has 1 aromatic rings. The molecule has 0 aromatic heterocycles. The number of hydrogen-bond donors (Lipinski definition) is 1. The van der Waals surface area contributed by atoms with E-state index in [0.717, 1.165) is 6.26 Å². The summed E-state index contributed by atoms with van der Waals surface area (Å²) < 4.78 is 27.8. The van der Waals surface area contributed by atoms with E-state index in [9.17, 15) is 13.2 Å². The van der Waals surface area contributed by atoms with E-state index in [1.165, 1.54) is 12.1 Å². The Bertz CT molecular complexity index is 492. The summed E-state index contributed by atoms with van der Waals surface area (Å²) in [6, 6.07) is 6.13. The van der Waals surface area contributed by atoms with Gasteiger partial charge >= 0.3 is 5.97 Å². The standard InChI is InChI=1S/C11H14O5S/c1-17(14,15)10-5-2-4-9(8-10)16-7-3-6-11(12)13/h2,4-5,8H,3,6-7H2,1H3,(H,12,13). The quantitative estimate of drug-likeness (QED) is 0.779. The highest BCUT2D eigenvalue weighted by atomic mass is 32.2. The smallest absolute Gasteiger partial charge is 0.303 e. The molecule has 0 aliphatic rings. The molecule has 0 radical (unpaired) electrons. The van der Waals surface area contributed by atoms with Crippen molar-refractivity contribution in [1.82, 2.24) is 0 Å². The zero-order chi connectivity index (χ0) is 12.9. The first-order valence-electron chi connectivity index (χ1n) is 5.04. The molecule has 0 amide bonds. The average molecular weight is 258 g/mol. The predicted molar refractivity (Wildman–Crippen MR) is 61.9 cm³/mol. The van der Waals surface area contributed by atoms with Crippen LogP contribution >= 0.6 is 0 Å². The number of carboxylic acids is 1. The van der Waals surface area contributed by atoms with Gasteiger partial charge < -0.3 is 9.84 Å². The Morgan fingerprint density at radius 3 is 2.71 bits per heavy atom. The molecule has 1 rings (SSSR count). The van der Waals surface area contributed by atoms with Crippen molar-refractivity contribution in [3.05, 3.63) is 24.3 Å². The first-order valence-corrected chi connectivity index (χ1v) is 6.93. The monoisotopic (exact) mass is 258 g/mol. The van der Waals surface area contributed by atoms with Crippen LogP contribution in [0.25, 0.3) is 0 Å². The van der Waals surface area contributed by atoms with Crippen LogP contribution in [-0.2, 0) is 14.6 Å². The highest BCUT2D eigenvalue weighted by Gasteiger charge is 2.07. The van der Waals surface area contributed by atoms with Gasteiger partial charge in [0, 0.05) is 12.7 Å². The summed E-state index contributed by atoms with van der Waals surface area (Å²) in [5, 5.41) is 8.43. The van der Waals surface area contributed by atoms with Crippen molar-refractivity contribution >= 4 is 15.8 Å². The number of aliphatic carboxylic acids is 1. The molecule has 0 saturated heterocycles. The SMILES string of the molecule is CS(=O)(=O)c1cccc(OCCCC(=O)O)c1. The second-order valence-electron chi connectivity index (χ2n) is 3.59. The van der Waals surface area contributed by atoms with E-state index in [4.69, 9.17) is 9.84 Å². The molecule has 0 aliphatic heterocycles. The number of carbonyl (C=O) groups is 1. The lowest BCUT2D eigenvalue weighted by atomic mass is 10.3. The van der Waals surface area contributed by atoms with E-state index < -0.39 is 15.8 Å². The maximum absolute atomic E-state index is 11.3. The third kappa shape index (κ3) is 4.86. The fraction of sp³-hybridized carbons (Fsp3) is 0.364. The van der Waals surface area contributed by atoms with Gasteiger partial charge in [0.2, 0.25) is 0 Å². The normalized spacial score (nSPS) is 11.1. The zero-order valence-electron chi connectivity index (χ0n) is 9.42. The van der Waals surface area contributed by atoms with Gasteiger partial charge in [-0.25, -0.2) is 8.42 Å². The maximum Gasteiger partial charge on any atom is 0.303 e. The van der Waals surface area contributed by atoms with E-state index in [-0.39, 0.29) is 17.9 Å². The minimum absolute atomic E-state index is 0.0335. The van der Waals surface area contributed by atoms with Gasteiger partial charge in [-0.15, -0.1) is 0 Å². The van der Waals surface area contributed by atoms with E-state index in [2.05, 4.69) is 0 Å². The molecule has 0 atom stereocenters. The Hall–Kier alpha value is -1.56. The van der Waals surface area contributed by atoms with Gasteiger partial charge in [-0.1, -0.05) is 6.07 Å². The van der Waals surface area contributed by atoms with E-state index in [1.54, 1.807) is 12.1 Å². The number of rotatable bonds is 6. The molecule has 0 spiro atoms. The van der Waals surface area contributed by atoms with Crippen LogP contribution in [0.5, 0.6) is 5.75 Å². The maximum atomic E-state index is 11.3. The van der Waals surface area contributed by atoms with Crippen LogP contribution in [0.4, 0.5) is 0 Å². The van der Waals surface area contributed by atoms with Gasteiger partial charge in [-0.05, 0) is 24.6 Å². The zero-order valence-corrected chi connectivity index (χ0v) is 10.2. The first-order chi connectivity index (χ1) is 7.89. The first kappa shape index (κ1) is 13.5. The Balaban J connectivity index is 2.58. The van der Waals surface area contributed by atoms with Crippen molar-refractivity contribution in [3.8, 4) is 5.75 Å². The van der Waals surface area contributed by atoms with Crippen molar-refractivity contribution in [3.63, 3.8) is 0 Å². The highest BCUT2D eigenvalue weighted by molar-refractivity contribution is 7.90. The summed E-state index contributed by atoms with van der Waals surface area (Å²) in [6.45, 7) is 0.250. The number of ether oxygens (including phenoxy) is 1. The topological polar surface area (TPSA) is 80.7 Å². The fourth-order valence-electron chi connectivity index (χ4n) is 1.21. The Morgan fingerprint density at radius 2 is 2.12 bits per heavy atom. The van der Waals surface area contributed by atoms with Crippen molar-refractivity contribution in [2.24, 2.45) is 0 Å². The molecule has 0 saturated carbocycles. The fourth-order valence-corrected chi connectivity index (χ4v) is 1.86. The molecule has 94 valence electrons. The highest BCUT2D eigenvalue weighted by Crippen LogP contribution is 2.17. The molecule has 0 aliphatic carbocycles. The van der Waals surface area contributed by atoms with Crippen molar-refractivity contribution in [2.45, 2.75) is 17.7 Å². The van der Waals surface area contributed by atoms with Gasteiger partial charge in [0.25, 0.3) is 0 Å². The summed E-state index contributed by atoms with van der Waals surface area (Å²) in [6.07, 6.45) is 1.54. The Kier molecular flexibility index (Phi) is 4.51. The van der Waals surface area contributed by atoms with E-state index in [1.807, 2.05) is 0 Å². The molecular weight excluding hydrogens is 244 g/mol. The van der Waals surface area contributed by atoms with E-state index in [0.29, 0.717) is 12.2 Å². The number of hydrogen-bond acceptors (Lipinski definition) is 4. The second-order valence-corrected chi connectivity index (χ2v) is 5.61. The Labute approximate surface area is 100.0 Å². The van der Waals surface area contributed by atoms with Crippen LogP contribution in [0.2, 0.25) is 0 Å². The molecular formula is C11H14O5S. The summed E-state index contributed by atoms with van der Waals surface area (Å²) in [4.78, 5) is 10.4. The van der Waals surface area contributed by atoms with Crippen LogP contribution in [0.15, 0.2) is 29.2 Å². The molecule has 5 nitrogen and oxygen atoms in total. The van der Waals surface area contributed by atoms with Crippen molar-refractivity contribution < 1.29 is 23.1 Å². The summed E-state index contributed by atoms with van der Waals surface area (Å²) in [7, 11) is -3.24. The van der Waals surface area contributed by atoms with Crippen molar-refractivity contribution in [2.75, 3.05) is 12.9 Å². The van der Waals surface area contributed by atoms with Gasteiger partial charge in [0.15, 0.2) is 9.84 Å². The Morgan fingerprint density at radius 1 is 1.41 bits per heavy atom. The molecule has 0 heterocycles. The average Bonchev–Trinajstić information content (AvgIpc) is 2.23. The molecule has 0 bridgehead atoms. The van der Waals surface area contributed by atoms with Gasteiger partial charge in [0.1, 0.15) is 5.75 Å². The van der Waals surface area contributed by atoms with Crippen LogP contribution < -0.4 is 4.74 Å².